The summed E-state index contributed by atoms with van der Waals surface area (Å²) in [6.07, 6.45) is 3.95. The largest absolute Gasteiger partial charge is 0.489 e. The van der Waals surface area contributed by atoms with Gasteiger partial charge in [-0.15, -0.1) is 0 Å². The van der Waals surface area contributed by atoms with Gasteiger partial charge >= 0.3 is 0 Å². The molecule has 0 unspecified atom stereocenters. The second-order valence-corrected chi connectivity index (χ2v) is 7.69. The van der Waals surface area contributed by atoms with E-state index in [1.807, 2.05) is 71.5 Å². The third-order valence-corrected chi connectivity index (χ3v) is 5.55. The summed E-state index contributed by atoms with van der Waals surface area (Å²) in [5, 5.41) is 9.59. The van der Waals surface area contributed by atoms with Gasteiger partial charge in [-0.2, -0.15) is 15.0 Å². The molecule has 0 saturated carbocycles. The minimum atomic E-state index is -0.166. The number of rotatable bonds is 7. The second-order valence-electron chi connectivity index (χ2n) is 7.69. The molecule has 1 aromatic heterocycles. The molecule has 0 N–H and O–H groups in total. The fourth-order valence-corrected chi connectivity index (χ4v) is 3.99. The number of para-hydroxylation sites is 1. The third kappa shape index (κ3) is 4.56. The molecule has 0 bridgehead atoms. The lowest BCUT2D eigenvalue weighted by Crippen LogP contribution is -2.42. The molecule has 3 aromatic carbocycles. The standard InChI is InChI=1S/C26H26N4O2/c1-2-9-21(10-3-1)11-8-18-32-25-15-7-4-12-22(25)26(29-16-19-31-20-17-29)30-27-23-13-5-6-14-24(23)28-30/h1-15,26H,16-20H2/b11-8+/t26-/m0/s1. The van der Waals surface area contributed by atoms with Gasteiger partial charge in [0.25, 0.3) is 0 Å². The predicted molar refractivity (Wildman–Crippen MR) is 125 cm³/mol. The summed E-state index contributed by atoms with van der Waals surface area (Å²) >= 11 is 0. The van der Waals surface area contributed by atoms with E-state index in [-0.39, 0.29) is 6.17 Å². The van der Waals surface area contributed by atoms with Crippen molar-refractivity contribution in [2.24, 2.45) is 0 Å². The first kappa shape index (κ1) is 20.4. The van der Waals surface area contributed by atoms with E-state index < -0.39 is 0 Å². The van der Waals surface area contributed by atoms with E-state index in [2.05, 4.69) is 29.2 Å². The minimum absolute atomic E-state index is 0.166. The average molecular weight is 427 g/mol. The molecule has 6 heteroatoms. The Morgan fingerprint density at radius 1 is 0.844 bits per heavy atom. The molecule has 1 atom stereocenters. The Morgan fingerprint density at radius 3 is 2.25 bits per heavy atom. The van der Waals surface area contributed by atoms with E-state index in [9.17, 15) is 0 Å². The topological polar surface area (TPSA) is 52.4 Å². The number of nitrogens with zero attached hydrogens (tertiary/aromatic N) is 4. The van der Waals surface area contributed by atoms with Gasteiger partial charge < -0.3 is 9.47 Å². The van der Waals surface area contributed by atoms with Crippen molar-refractivity contribution in [2.75, 3.05) is 32.9 Å². The maximum absolute atomic E-state index is 6.21. The Kier molecular flexibility index (Phi) is 6.23. The molecular weight excluding hydrogens is 400 g/mol. The molecule has 1 aliphatic heterocycles. The first-order valence-corrected chi connectivity index (χ1v) is 11.0. The first-order chi connectivity index (χ1) is 15.9. The highest BCUT2D eigenvalue weighted by Crippen LogP contribution is 2.31. The van der Waals surface area contributed by atoms with Crippen LogP contribution in [0.5, 0.6) is 5.75 Å². The van der Waals surface area contributed by atoms with E-state index in [1.165, 1.54) is 0 Å². The van der Waals surface area contributed by atoms with Crippen LogP contribution in [0, 0.1) is 0 Å². The molecule has 0 radical (unpaired) electrons. The molecule has 0 spiro atoms. The van der Waals surface area contributed by atoms with Crippen molar-refractivity contribution >= 4 is 17.1 Å². The molecule has 4 aromatic rings. The van der Waals surface area contributed by atoms with Crippen molar-refractivity contribution in [2.45, 2.75) is 6.17 Å². The molecule has 162 valence electrons. The van der Waals surface area contributed by atoms with Gasteiger partial charge in [0.15, 0.2) is 6.17 Å². The Balaban J connectivity index is 1.44. The summed E-state index contributed by atoms with van der Waals surface area (Å²) in [5.41, 5.74) is 3.97. The summed E-state index contributed by atoms with van der Waals surface area (Å²) < 4.78 is 11.8. The number of ether oxygens (including phenoxy) is 2. The van der Waals surface area contributed by atoms with Crippen LogP contribution in [0.15, 0.2) is 84.9 Å². The fourth-order valence-electron chi connectivity index (χ4n) is 3.99. The average Bonchev–Trinajstić information content (AvgIpc) is 3.28. The van der Waals surface area contributed by atoms with Crippen LogP contribution in [0.3, 0.4) is 0 Å². The lowest BCUT2D eigenvalue weighted by molar-refractivity contribution is 0.00263. The Morgan fingerprint density at radius 2 is 1.50 bits per heavy atom. The highest BCUT2D eigenvalue weighted by atomic mass is 16.5. The van der Waals surface area contributed by atoms with E-state index in [4.69, 9.17) is 19.7 Å². The highest BCUT2D eigenvalue weighted by molar-refractivity contribution is 5.73. The van der Waals surface area contributed by atoms with Crippen LogP contribution in [-0.2, 0) is 4.74 Å². The van der Waals surface area contributed by atoms with Gasteiger partial charge in [0.1, 0.15) is 23.4 Å². The van der Waals surface area contributed by atoms with Crippen LogP contribution >= 0.6 is 0 Å². The summed E-state index contributed by atoms with van der Waals surface area (Å²) in [6.45, 7) is 3.49. The normalized spacial score (nSPS) is 15.9. The lowest BCUT2D eigenvalue weighted by atomic mass is 10.1. The molecule has 0 aliphatic carbocycles. The van der Waals surface area contributed by atoms with Gasteiger partial charge in [0.05, 0.1) is 13.2 Å². The van der Waals surface area contributed by atoms with Gasteiger partial charge in [-0.25, -0.2) is 0 Å². The third-order valence-electron chi connectivity index (χ3n) is 5.55. The van der Waals surface area contributed by atoms with Crippen molar-refractivity contribution in [1.29, 1.82) is 0 Å². The number of hydrogen-bond acceptors (Lipinski definition) is 5. The van der Waals surface area contributed by atoms with Crippen LogP contribution in [0.4, 0.5) is 0 Å². The van der Waals surface area contributed by atoms with Gasteiger partial charge in [0, 0.05) is 18.7 Å². The van der Waals surface area contributed by atoms with Gasteiger partial charge in [-0.1, -0.05) is 66.7 Å². The van der Waals surface area contributed by atoms with Crippen LogP contribution in [0.25, 0.3) is 17.1 Å². The number of aromatic nitrogens is 3. The van der Waals surface area contributed by atoms with Crippen molar-refractivity contribution in [3.8, 4) is 5.75 Å². The van der Waals surface area contributed by atoms with Crippen LogP contribution in [0.1, 0.15) is 17.3 Å². The number of hydrogen-bond donors (Lipinski definition) is 0. The zero-order valence-corrected chi connectivity index (χ0v) is 17.9. The smallest absolute Gasteiger partial charge is 0.153 e. The predicted octanol–water partition coefficient (Wildman–Crippen LogP) is 4.40. The molecule has 0 amide bonds. The summed E-state index contributed by atoms with van der Waals surface area (Å²) in [4.78, 5) is 4.17. The molecule has 2 heterocycles. The molecule has 6 nitrogen and oxygen atoms in total. The maximum Gasteiger partial charge on any atom is 0.153 e. The van der Waals surface area contributed by atoms with Crippen molar-refractivity contribution in [3.05, 3.63) is 96.1 Å². The van der Waals surface area contributed by atoms with Crippen molar-refractivity contribution in [3.63, 3.8) is 0 Å². The molecule has 1 saturated heterocycles. The van der Waals surface area contributed by atoms with E-state index in [1.54, 1.807) is 0 Å². The van der Waals surface area contributed by atoms with E-state index >= 15 is 0 Å². The van der Waals surface area contributed by atoms with Gasteiger partial charge in [0.2, 0.25) is 0 Å². The fraction of sp³-hybridized carbons (Fsp3) is 0.231. The monoisotopic (exact) mass is 426 g/mol. The Bertz CT molecular complexity index is 1150. The molecule has 1 aliphatic rings. The van der Waals surface area contributed by atoms with Gasteiger partial charge in [-0.05, 0) is 29.8 Å². The van der Waals surface area contributed by atoms with Crippen molar-refractivity contribution < 1.29 is 9.47 Å². The Hall–Kier alpha value is -3.48. The SMILES string of the molecule is C(=C\c1ccccc1)/COc1ccccc1[C@@H](N1CCOCC1)n1nc2ccccc2n1. The summed E-state index contributed by atoms with van der Waals surface area (Å²) in [5.74, 6) is 0.836. The second kappa shape index (κ2) is 9.77. The quantitative estimate of drug-likeness (QED) is 0.438. The summed E-state index contributed by atoms with van der Waals surface area (Å²) in [7, 11) is 0. The number of fused-ring (bicyclic) bond motifs is 1. The minimum Gasteiger partial charge on any atom is -0.489 e. The number of morpholine rings is 1. The molecule has 1 fully saturated rings. The van der Waals surface area contributed by atoms with Crippen LogP contribution in [-0.4, -0.2) is 52.8 Å². The molecular formula is C26H26N4O2. The lowest BCUT2D eigenvalue weighted by Gasteiger charge is -2.34. The van der Waals surface area contributed by atoms with Crippen LogP contribution in [0.2, 0.25) is 0 Å². The van der Waals surface area contributed by atoms with Crippen molar-refractivity contribution in [1.82, 2.24) is 19.9 Å². The molecule has 32 heavy (non-hydrogen) atoms. The summed E-state index contributed by atoms with van der Waals surface area (Å²) in [6, 6.07) is 26.4. The van der Waals surface area contributed by atoms with Crippen LogP contribution < -0.4 is 4.74 Å². The highest BCUT2D eigenvalue weighted by Gasteiger charge is 2.28. The zero-order valence-electron chi connectivity index (χ0n) is 17.9. The van der Waals surface area contributed by atoms with Gasteiger partial charge in [-0.3, -0.25) is 4.90 Å². The Labute approximate surface area is 187 Å². The van der Waals surface area contributed by atoms with E-state index in [0.29, 0.717) is 19.8 Å². The first-order valence-electron chi connectivity index (χ1n) is 11.0. The van der Waals surface area contributed by atoms with E-state index in [0.717, 1.165) is 41.0 Å². The zero-order chi connectivity index (χ0) is 21.6. The molecule has 5 rings (SSSR count). The maximum atomic E-state index is 6.21. The number of benzene rings is 3.